The maximum absolute atomic E-state index is 11.8. The SMILES string of the molecule is CC(O)CCNC(=O)CCC(=O)c1ccc(Cl)cc1. The summed E-state index contributed by atoms with van der Waals surface area (Å²) in [5.41, 5.74) is 0.557. The molecule has 0 aliphatic heterocycles. The van der Waals surface area contributed by atoms with Crippen molar-refractivity contribution in [2.24, 2.45) is 0 Å². The van der Waals surface area contributed by atoms with Gasteiger partial charge in [-0.15, -0.1) is 0 Å². The van der Waals surface area contributed by atoms with Crippen LogP contribution in [0.5, 0.6) is 0 Å². The Labute approximate surface area is 117 Å². The number of carbonyl (C=O) groups is 2. The highest BCUT2D eigenvalue weighted by Gasteiger charge is 2.09. The molecule has 0 heterocycles. The van der Waals surface area contributed by atoms with Crippen molar-refractivity contribution >= 4 is 23.3 Å². The number of rotatable bonds is 7. The van der Waals surface area contributed by atoms with Crippen molar-refractivity contribution in [1.29, 1.82) is 0 Å². The lowest BCUT2D eigenvalue weighted by atomic mass is 10.1. The van der Waals surface area contributed by atoms with Crippen molar-refractivity contribution < 1.29 is 14.7 Å². The zero-order chi connectivity index (χ0) is 14.3. The first-order valence-electron chi connectivity index (χ1n) is 6.22. The Balaban J connectivity index is 2.30. The summed E-state index contributed by atoms with van der Waals surface area (Å²) in [5, 5.41) is 12.3. The number of aliphatic hydroxyl groups is 1. The van der Waals surface area contributed by atoms with Gasteiger partial charge in [-0.1, -0.05) is 11.6 Å². The van der Waals surface area contributed by atoms with E-state index in [9.17, 15) is 9.59 Å². The van der Waals surface area contributed by atoms with E-state index in [-0.39, 0.29) is 24.5 Å². The molecule has 104 valence electrons. The van der Waals surface area contributed by atoms with Crippen LogP contribution in [-0.2, 0) is 4.79 Å². The van der Waals surface area contributed by atoms with E-state index in [0.29, 0.717) is 23.6 Å². The van der Waals surface area contributed by atoms with Crippen molar-refractivity contribution in [3.8, 4) is 0 Å². The van der Waals surface area contributed by atoms with E-state index >= 15 is 0 Å². The third-order valence-electron chi connectivity index (χ3n) is 2.63. The van der Waals surface area contributed by atoms with Gasteiger partial charge in [-0.2, -0.15) is 0 Å². The van der Waals surface area contributed by atoms with Crippen LogP contribution in [0.3, 0.4) is 0 Å². The summed E-state index contributed by atoms with van der Waals surface area (Å²) in [7, 11) is 0. The summed E-state index contributed by atoms with van der Waals surface area (Å²) >= 11 is 5.73. The zero-order valence-corrected chi connectivity index (χ0v) is 11.6. The minimum Gasteiger partial charge on any atom is -0.393 e. The van der Waals surface area contributed by atoms with Gasteiger partial charge in [0.1, 0.15) is 0 Å². The molecule has 2 N–H and O–H groups in total. The van der Waals surface area contributed by atoms with Crippen LogP contribution in [-0.4, -0.2) is 29.4 Å². The topological polar surface area (TPSA) is 66.4 Å². The normalized spacial score (nSPS) is 11.9. The molecular weight excluding hydrogens is 266 g/mol. The third-order valence-corrected chi connectivity index (χ3v) is 2.88. The molecule has 0 aliphatic rings. The molecule has 0 radical (unpaired) electrons. The summed E-state index contributed by atoms with van der Waals surface area (Å²) in [4.78, 5) is 23.2. The maximum Gasteiger partial charge on any atom is 0.220 e. The van der Waals surface area contributed by atoms with Gasteiger partial charge in [0.05, 0.1) is 6.10 Å². The molecule has 0 saturated carbocycles. The Morgan fingerprint density at radius 3 is 2.47 bits per heavy atom. The highest BCUT2D eigenvalue weighted by atomic mass is 35.5. The molecular formula is C14H18ClNO3. The van der Waals surface area contributed by atoms with Gasteiger partial charge < -0.3 is 10.4 Å². The Morgan fingerprint density at radius 1 is 1.26 bits per heavy atom. The van der Waals surface area contributed by atoms with Crippen molar-refractivity contribution in [2.75, 3.05) is 6.54 Å². The fraction of sp³-hybridized carbons (Fsp3) is 0.429. The molecule has 1 rings (SSSR count). The lowest BCUT2D eigenvalue weighted by molar-refractivity contribution is -0.121. The number of carbonyl (C=O) groups excluding carboxylic acids is 2. The Morgan fingerprint density at radius 2 is 1.89 bits per heavy atom. The molecule has 19 heavy (non-hydrogen) atoms. The highest BCUT2D eigenvalue weighted by molar-refractivity contribution is 6.30. The van der Waals surface area contributed by atoms with Gasteiger partial charge in [0.15, 0.2) is 5.78 Å². The highest BCUT2D eigenvalue weighted by Crippen LogP contribution is 2.11. The van der Waals surface area contributed by atoms with Gasteiger partial charge >= 0.3 is 0 Å². The standard InChI is InChI=1S/C14H18ClNO3/c1-10(17)8-9-16-14(19)7-6-13(18)11-2-4-12(15)5-3-11/h2-5,10,17H,6-9H2,1H3,(H,16,19). The number of nitrogens with one attached hydrogen (secondary N) is 1. The first-order chi connectivity index (χ1) is 8.99. The molecule has 1 atom stereocenters. The van der Waals surface area contributed by atoms with Gasteiger partial charge in [-0.05, 0) is 37.6 Å². The minimum absolute atomic E-state index is 0.0812. The van der Waals surface area contributed by atoms with Crippen LogP contribution < -0.4 is 5.32 Å². The van der Waals surface area contributed by atoms with Gasteiger partial charge in [0.2, 0.25) is 5.91 Å². The molecule has 1 aromatic carbocycles. The van der Waals surface area contributed by atoms with Crippen LogP contribution in [0.1, 0.15) is 36.5 Å². The molecule has 0 fully saturated rings. The van der Waals surface area contributed by atoms with Crippen LogP contribution in [0.15, 0.2) is 24.3 Å². The number of hydrogen-bond acceptors (Lipinski definition) is 3. The Bertz CT molecular complexity index is 429. The van der Waals surface area contributed by atoms with E-state index in [1.54, 1.807) is 31.2 Å². The fourth-order valence-electron chi connectivity index (χ4n) is 1.52. The number of ketones is 1. The summed E-state index contributed by atoms with van der Waals surface area (Å²) < 4.78 is 0. The smallest absolute Gasteiger partial charge is 0.220 e. The molecule has 0 spiro atoms. The summed E-state index contributed by atoms with van der Waals surface area (Å²) in [6, 6.07) is 6.60. The van der Waals surface area contributed by atoms with Crippen LogP contribution in [0.2, 0.25) is 5.02 Å². The lowest BCUT2D eigenvalue weighted by Gasteiger charge is -2.06. The van der Waals surface area contributed by atoms with E-state index in [1.165, 1.54) is 0 Å². The van der Waals surface area contributed by atoms with Gasteiger partial charge in [-0.3, -0.25) is 9.59 Å². The molecule has 1 amide bonds. The Kier molecular flexibility index (Phi) is 6.53. The first-order valence-corrected chi connectivity index (χ1v) is 6.60. The van der Waals surface area contributed by atoms with Crippen molar-refractivity contribution in [3.63, 3.8) is 0 Å². The number of aliphatic hydroxyl groups excluding tert-OH is 1. The molecule has 0 aromatic heterocycles. The van der Waals surface area contributed by atoms with Crippen LogP contribution >= 0.6 is 11.6 Å². The first kappa shape index (κ1) is 15.7. The molecule has 1 aromatic rings. The van der Waals surface area contributed by atoms with Gasteiger partial charge in [0, 0.05) is 30.0 Å². The van der Waals surface area contributed by atoms with E-state index in [2.05, 4.69) is 5.32 Å². The molecule has 1 unspecified atom stereocenters. The summed E-state index contributed by atoms with van der Waals surface area (Å²) in [6.45, 7) is 2.09. The van der Waals surface area contributed by atoms with Gasteiger partial charge in [0.25, 0.3) is 0 Å². The largest absolute Gasteiger partial charge is 0.393 e. The third kappa shape index (κ3) is 6.36. The summed E-state index contributed by atoms with van der Waals surface area (Å²) in [6.07, 6.45) is 0.399. The average molecular weight is 284 g/mol. The zero-order valence-electron chi connectivity index (χ0n) is 10.9. The Hall–Kier alpha value is -1.39. The number of benzene rings is 1. The van der Waals surface area contributed by atoms with Crippen LogP contribution in [0, 0.1) is 0 Å². The number of amides is 1. The van der Waals surface area contributed by atoms with Crippen LogP contribution in [0.25, 0.3) is 0 Å². The molecule has 4 nitrogen and oxygen atoms in total. The quantitative estimate of drug-likeness (QED) is 0.754. The predicted molar refractivity (Wildman–Crippen MR) is 74.3 cm³/mol. The molecule has 0 aliphatic carbocycles. The van der Waals surface area contributed by atoms with Crippen molar-refractivity contribution in [2.45, 2.75) is 32.3 Å². The number of Topliss-reactive ketones (excluding diaryl/α,β-unsaturated/α-hetero) is 1. The second kappa shape index (κ2) is 7.92. The van der Waals surface area contributed by atoms with Gasteiger partial charge in [-0.25, -0.2) is 0 Å². The fourth-order valence-corrected chi connectivity index (χ4v) is 1.64. The lowest BCUT2D eigenvalue weighted by Crippen LogP contribution is -2.26. The second-order valence-electron chi connectivity index (χ2n) is 4.42. The maximum atomic E-state index is 11.8. The van der Waals surface area contributed by atoms with E-state index in [4.69, 9.17) is 16.7 Å². The van der Waals surface area contributed by atoms with E-state index < -0.39 is 6.10 Å². The minimum atomic E-state index is -0.434. The van der Waals surface area contributed by atoms with Crippen molar-refractivity contribution in [3.05, 3.63) is 34.9 Å². The molecule has 5 heteroatoms. The number of hydrogen-bond donors (Lipinski definition) is 2. The van der Waals surface area contributed by atoms with Crippen LogP contribution in [0.4, 0.5) is 0 Å². The van der Waals surface area contributed by atoms with Crippen molar-refractivity contribution in [1.82, 2.24) is 5.32 Å². The molecule has 0 saturated heterocycles. The van der Waals surface area contributed by atoms with E-state index in [1.807, 2.05) is 0 Å². The average Bonchev–Trinajstić information content (AvgIpc) is 2.36. The predicted octanol–water partition coefficient (Wildman–Crippen LogP) is 2.19. The summed E-state index contributed by atoms with van der Waals surface area (Å²) in [5.74, 6) is -0.259. The molecule has 0 bridgehead atoms. The second-order valence-corrected chi connectivity index (χ2v) is 4.85. The van der Waals surface area contributed by atoms with E-state index in [0.717, 1.165) is 0 Å². The monoisotopic (exact) mass is 283 g/mol. The number of halogens is 1.